The second-order valence-corrected chi connectivity index (χ2v) is 9.02. The molecule has 25 heavy (non-hydrogen) atoms. The second-order valence-electron chi connectivity index (χ2n) is 9.02. The SMILES string of the molecule is CC(=O)C(C)(C)CC(C)c1ccccc1C(C)(C)CC(C)(O)C(C)=O. The van der Waals surface area contributed by atoms with Gasteiger partial charge in [0, 0.05) is 5.41 Å². The number of rotatable bonds is 8. The van der Waals surface area contributed by atoms with E-state index in [0.29, 0.717) is 6.42 Å². The van der Waals surface area contributed by atoms with E-state index in [9.17, 15) is 14.7 Å². The summed E-state index contributed by atoms with van der Waals surface area (Å²) < 4.78 is 0. The molecule has 3 nitrogen and oxygen atoms in total. The van der Waals surface area contributed by atoms with Gasteiger partial charge in [-0.3, -0.25) is 9.59 Å². The highest BCUT2D eigenvalue weighted by atomic mass is 16.3. The van der Waals surface area contributed by atoms with Gasteiger partial charge in [-0.1, -0.05) is 58.9 Å². The molecule has 0 spiro atoms. The Morgan fingerprint density at radius 3 is 2.00 bits per heavy atom. The number of carbonyl (C=O) groups excluding carboxylic acids is 2. The third-order valence-electron chi connectivity index (χ3n) is 5.54. The Morgan fingerprint density at radius 1 is 1.00 bits per heavy atom. The van der Waals surface area contributed by atoms with Crippen LogP contribution >= 0.6 is 0 Å². The van der Waals surface area contributed by atoms with Crippen molar-refractivity contribution in [1.29, 1.82) is 0 Å². The van der Waals surface area contributed by atoms with Crippen molar-refractivity contribution in [3.8, 4) is 0 Å². The van der Waals surface area contributed by atoms with Crippen LogP contribution in [0.4, 0.5) is 0 Å². The van der Waals surface area contributed by atoms with Crippen LogP contribution in [0.25, 0.3) is 0 Å². The lowest BCUT2D eigenvalue weighted by Crippen LogP contribution is -2.40. The highest BCUT2D eigenvalue weighted by molar-refractivity contribution is 5.84. The lowest BCUT2D eigenvalue weighted by Gasteiger charge is -2.36. The molecule has 0 heterocycles. The Bertz CT molecular complexity index is 638. The van der Waals surface area contributed by atoms with Crippen LogP contribution in [-0.4, -0.2) is 22.3 Å². The summed E-state index contributed by atoms with van der Waals surface area (Å²) in [7, 11) is 0. The van der Waals surface area contributed by atoms with Crippen LogP contribution in [0.15, 0.2) is 24.3 Å². The minimum atomic E-state index is -1.35. The molecule has 0 aliphatic rings. The normalized spacial score (nSPS) is 16.2. The van der Waals surface area contributed by atoms with E-state index >= 15 is 0 Å². The summed E-state index contributed by atoms with van der Waals surface area (Å²) in [4.78, 5) is 23.7. The van der Waals surface area contributed by atoms with Gasteiger partial charge in [-0.15, -0.1) is 0 Å². The maximum Gasteiger partial charge on any atom is 0.161 e. The third-order valence-corrected chi connectivity index (χ3v) is 5.54. The van der Waals surface area contributed by atoms with Gasteiger partial charge in [-0.25, -0.2) is 0 Å². The van der Waals surface area contributed by atoms with Crippen molar-refractivity contribution in [2.24, 2.45) is 5.41 Å². The fourth-order valence-electron chi connectivity index (χ4n) is 3.64. The van der Waals surface area contributed by atoms with E-state index in [4.69, 9.17) is 0 Å². The van der Waals surface area contributed by atoms with E-state index < -0.39 is 5.60 Å². The zero-order valence-electron chi connectivity index (χ0n) is 17.1. The average molecular weight is 347 g/mol. The van der Waals surface area contributed by atoms with Gasteiger partial charge in [0.05, 0.1) is 0 Å². The summed E-state index contributed by atoms with van der Waals surface area (Å²) in [6.45, 7) is 14.9. The molecule has 0 saturated heterocycles. The second kappa shape index (κ2) is 7.41. The number of hydrogen-bond donors (Lipinski definition) is 1. The first-order valence-electron chi connectivity index (χ1n) is 9.04. The highest BCUT2D eigenvalue weighted by Gasteiger charge is 2.37. The monoisotopic (exact) mass is 346 g/mol. The first kappa shape index (κ1) is 21.6. The summed E-state index contributed by atoms with van der Waals surface area (Å²) in [5.41, 5.74) is 0.227. The largest absolute Gasteiger partial charge is 0.382 e. The van der Waals surface area contributed by atoms with E-state index in [1.54, 1.807) is 13.8 Å². The van der Waals surface area contributed by atoms with E-state index in [-0.39, 0.29) is 28.3 Å². The minimum Gasteiger partial charge on any atom is -0.382 e. The molecule has 2 atom stereocenters. The molecule has 140 valence electrons. The quantitative estimate of drug-likeness (QED) is 0.735. The number of Topliss-reactive ketones (excluding diaryl/α,β-unsaturated/α-hetero) is 2. The summed E-state index contributed by atoms with van der Waals surface area (Å²) in [6, 6.07) is 8.17. The summed E-state index contributed by atoms with van der Waals surface area (Å²) in [6.07, 6.45) is 1.12. The molecule has 0 bridgehead atoms. The Morgan fingerprint density at radius 2 is 1.52 bits per heavy atom. The van der Waals surface area contributed by atoms with E-state index in [2.05, 4.69) is 32.9 Å². The van der Waals surface area contributed by atoms with Crippen LogP contribution in [0.2, 0.25) is 0 Å². The molecule has 1 N–H and O–H groups in total. The third kappa shape index (κ3) is 5.24. The molecular formula is C22H34O3. The minimum absolute atomic E-state index is 0.190. The molecule has 0 fully saturated rings. The van der Waals surface area contributed by atoms with Gasteiger partial charge in [0.15, 0.2) is 5.78 Å². The standard InChI is InChI=1S/C22H34O3/c1-15(13-20(4,5)16(2)23)18-11-9-10-12-19(18)21(6,7)14-22(8,25)17(3)24/h9-12,15,25H,13-14H2,1-8H3. The molecule has 1 rings (SSSR count). The zero-order valence-corrected chi connectivity index (χ0v) is 17.1. The van der Waals surface area contributed by atoms with Crippen molar-refractivity contribution in [2.45, 2.75) is 85.2 Å². The van der Waals surface area contributed by atoms with Crippen molar-refractivity contribution >= 4 is 11.6 Å². The lowest BCUT2D eigenvalue weighted by atomic mass is 9.70. The van der Waals surface area contributed by atoms with E-state index in [1.165, 1.54) is 12.5 Å². The summed E-state index contributed by atoms with van der Waals surface area (Å²) >= 11 is 0. The maximum atomic E-state index is 11.9. The smallest absolute Gasteiger partial charge is 0.161 e. The number of hydrogen-bond acceptors (Lipinski definition) is 3. The molecule has 0 saturated carbocycles. The number of carbonyl (C=O) groups is 2. The highest BCUT2D eigenvalue weighted by Crippen LogP contribution is 2.40. The number of aliphatic hydroxyl groups is 1. The summed E-state index contributed by atoms with van der Waals surface area (Å²) in [5.74, 6) is 0.177. The number of ketones is 2. The molecule has 0 radical (unpaired) electrons. The predicted octanol–water partition coefficient (Wildman–Crippen LogP) is 4.80. The molecule has 0 aliphatic carbocycles. The molecule has 0 aromatic heterocycles. The van der Waals surface area contributed by atoms with Crippen LogP contribution in [0.3, 0.4) is 0 Å². The fourth-order valence-corrected chi connectivity index (χ4v) is 3.64. The van der Waals surface area contributed by atoms with Gasteiger partial charge < -0.3 is 5.11 Å². The topological polar surface area (TPSA) is 54.4 Å². The lowest BCUT2D eigenvalue weighted by molar-refractivity contribution is -0.135. The van der Waals surface area contributed by atoms with Gasteiger partial charge in [0.1, 0.15) is 11.4 Å². The zero-order chi connectivity index (χ0) is 19.6. The van der Waals surface area contributed by atoms with Crippen LogP contribution in [0, 0.1) is 5.41 Å². The van der Waals surface area contributed by atoms with Gasteiger partial charge in [0.2, 0.25) is 0 Å². The van der Waals surface area contributed by atoms with Crippen molar-refractivity contribution in [3.05, 3.63) is 35.4 Å². The fraction of sp³-hybridized carbons (Fsp3) is 0.636. The van der Waals surface area contributed by atoms with Crippen LogP contribution in [0.1, 0.15) is 85.3 Å². The van der Waals surface area contributed by atoms with Crippen molar-refractivity contribution in [3.63, 3.8) is 0 Å². The number of benzene rings is 1. The Hall–Kier alpha value is -1.48. The van der Waals surface area contributed by atoms with Crippen molar-refractivity contribution in [2.75, 3.05) is 0 Å². The Balaban J connectivity index is 3.23. The molecule has 2 unspecified atom stereocenters. The molecule has 0 aliphatic heterocycles. The molecule has 1 aromatic rings. The van der Waals surface area contributed by atoms with Gasteiger partial charge in [-0.2, -0.15) is 0 Å². The average Bonchev–Trinajstić information content (AvgIpc) is 2.45. The summed E-state index contributed by atoms with van der Waals surface area (Å²) in [5, 5.41) is 10.5. The van der Waals surface area contributed by atoms with E-state index in [0.717, 1.165) is 12.0 Å². The van der Waals surface area contributed by atoms with Crippen LogP contribution in [-0.2, 0) is 15.0 Å². The molecule has 1 aromatic carbocycles. The first-order valence-corrected chi connectivity index (χ1v) is 9.04. The first-order chi connectivity index (χ1) is 11.2. The van der Waals surface area contributed by atoms with Crippen LogP contribution < -0.4 is 0 Å². The van der Waals surface area contributed by atoms with Gasteiger partial charge in [-0.05, 0) is 56.1 Å². The molecule has 3 heteroatoms. The molecule has 0 amide bonds. The van der Waals surface area contributed by atoms with Crippen molar-refractivity contribution in [1.82, 2.24) is 0 Å². The van der Waals surface area contributed by atoms with Gasteiger partial charge >= 0.3 is 0 Å². The van der Waals surface area contributed by atoms with Gasteiger partial charge in [0.25, 0.3) is 0 Å². The van der Waals surface area contributed by atoms with Crippen molar-refractivity contribution < 1.29 is 14.7 Å². The van der Waals surface area contributed by atoms with Crippen LogP contribution in [0.5, 0.6) is 0 Å². The van der Waals surface area contributed by atoms with E-state index in [1.807, 2.05) is 26.0 Å². The predicted molar refractivity (Wildman–Crippen MR) is 103 cm³/mol. The molecular weight excluding hydrogens is 312 g/mol. The maximum absolute atomic E-state index is 11.9. The Kier molecular flexibility index (Phi) is 6.39. The Labute approximate surface area is 152 Å².